The van der Waals surface area contributed by atoms with Crippen LogP contribution in [0.2, 0.25) is 10.0 Å². The molecule has 1 N–H and O–H groups in total. The van der Waals surface area contributed by atoms with Crippen molar-refractivity contribution in [3.8, 4) is 11.5 Å². The van der Waals surface area contributed by atoms with Crippen LogP contribution in [0.3, 0.4) is 0 Å². The van der Waals surface area contributed by atoms with Crippen LogP contribution in [0.4, 0.5) is 20.3 Å². The van der Waals surface area contributed by atoms with E-state index in [0.29, 0.717) is 23.2 Å². The van der Waals surface area contributed by atoms with Gasteiger partial charge in [-0.15, -0.1) is 12.4 Å². The van der Waals surface area contributed by atoms with Gasteiger partial charge in [-0.2, -0.15) is 0 Å². The lowest BCUT2D eigenvalue weighted by atomic mass is 10.1. The predicted molar refractivity (Wildman–Crippen MR) is 134 cm³/mol. The third kappa shape index (κ3) is 5.52. The molecular formula is C23H21Cl3F2N4O3. The van der Waals surface area contributed by atoms with Gasteiger partial charge in [0.15, 0.2) is 23.5 Å². The molecule has 1 aliphatic heterocycles. The molecule has 35 heavy (non-hydrogen) atoms. The number of carbonyl (C=O) groups is 1. The zero-order valence-corrected chi connectivity index (χ0v) is 20.8. The Morgan fingerprint density at radius 1 is 1.29 bits per heavy atom. The number of alkyl halides is 1. The van der Waals surface area contributed by atoms with Crippen molar-refractivity contribution in [2.24, 2.45) is 0 Å². The van der Waals surface area contributed by atoms with Gasteiger partial charge in [-0.3, -0.25) is 4.79 Å². The Bertz CT molecular complexity index is 1260. The zero-order valence-electron chi connectivity index (χ0n) is 18.4. The van der Waals surface area contributed by atoms with Gasteiger partial charge >= 0.3 is 0 Å². The van der Waals surface area contributed by atoms with Crippen molar-refractivity contribution in [1.82, 2.24) is 14.9 Å². The maximum atomic E-state index is 14.8. The Balaban J connectivity index is 0.00000342. The van der Waals surface area contributed by atoms with Crippen molar-refractivity contribution in [3.05, 3.63) is 59.1 Å². The van der Waals surface area contributed by atoms with E-state index in [4.69, 9.17) is 32.7 Å². The molecule has 4 rings (SSSR count). The van der Waals surface area contributed by atoms with Gasteiger partial charge in [-0.1, -0.05) is 29.8 Å². The molecular weight excluding hydrogens is 525 g/mol. The van der Waals surface area contributed by atoms with E-state index in [1.807, 2.05) is 0 Å². The Labute approximate surface area is 216 Å². The van der Waals surface area contributed by atoms with Gasteiger partial charge in [0.25, 0.3) is 0 Å². The standard InChI is InChI=1S/C23H20Cl2F2N4O3.ClH/c1-3-20(32)31-7-6-17(14(26)10-31)34-19-8-12-16(9-18(19)33-2)28-11-29-23(12)30-15-5-4-13(24)21(25)22(15)27;/h3-5,8-9,11,14,17H,1,6-7,10H2,2H3,(H,28,29,30);1H/t14-,17-;/m1./s1. The molecule has 0 saturated carbocycles. The number of fused-ring (bicyclic) bond motifs is 1. The van der Waals surface area contributed by atoms with E-state index in [0.717, 1.165) is 6.08 Å². The molecule has 0 spiro atoms. The van der Waals surface area contributed by atoms with Crippen molar-refractivity contribution < 1.29 is 23.0 Å². The van der Waals surface area contributed by atoms with E-state index in [1.165, 1.54) is 30.5 Å². The summed E-state index contributed by atoms with van der Waals surface area (Å²) >= 11 is 11.8. The van der Waals surface area contributed by atoms with Crippen LogP contribution in [0.5, 0.6) is 11.5 Å². The van der Waals surface area contributed by atoms with Crippen molar-refractivity contribution in [2.45, 2.75) is 18.7 Å². The molecule has 1 aromatic heterocycles. The van der Waals surface area contributed by atoms with Gasteiger partial charge in [-0.05, 0) is 24.3 Å². The van der Waals surface area contributed by atoms with Gasteiger partial charge in [0, 0.05) is 24.4 Å². The number of halogens is 5. The van der Waals surface area contributed by atoms with E-state index in [-0.39, 0.29) is 58.6 Å². The fourth-order valence-corrected chi connectivity index (χ4v) is 3.98. The second kappa shape index (κ2) is 11.2. The number of ether oxygens (including phenoxy) is 2. The van der Waals surface area contributed by atoms with Crippen molar-refractivity contribution in [3.63, 3.8) is 0 Å². The molecule has 186 valence electrons. The van der Waals surface area contributed by atoms with Crippen molar-refractivity contribution in [1.29, 1.82) is 0 Å². The van der Waals surface area contributed by atoms with Crippen LogP contribution in [0.25, 0.3) is 10.9 Å². The zero-order chi connectivity index (χ0) is 24.4. The molecule has 2 atom stereocenters. The van der Waals surface area contributed by atoms with Crippen LogP contribution in [0.15, 0.2) is 43.2 Å². The number of piperidine rings is 1. The molecule has 7 nitrogen and oxygen atoms in total. The highest BCUT2D eigenvalue weighted by atomic mass is 35.5. The van der Waals surface area contributed by atoms with Gasteiger partial charge in [0.2, 0.25) is 5.91 Å². The smallest absolute Gasteiger partial charge is 0.246 e. The predicted octanol–water partition coefficient (Wildman–Crippen LogP) is 5.75. The third-order valence-corrected chi connectivity index (χ3v) is 6.24. The number of benzene rings is 2. The maximum Gasteiger partial charge on any atom is 0.246 e. The molecule has 0 unspecified atom stereocenters. The fraction of sp³-hybridized carbons (Fsp3) is 0.261. The van der Waals surface area contributed by atoms with E-state index >= 15 is 0 Å². The molecule has 0 aliphatic carbocycles. The second-order valence-electron chi connectivity index (χ2n) is 7.54. The van der Waals surface area contributed by atoms with E-state index in [9.17, 15) is 13.6 Å². The number of methoxy groups -OCH3 is 1. The van der Waals surface area contributed by atoms with Gasteiger partial charge < -0.3 is 19.7 Å². The molecule has 1 amide bonds. The first kappa shape index (κ1) is 26.7. The SMILES string of the molecule is C=CC(=O)N1CC[C@@H](Oc2cc3c(Nc4ccc(Cl)c(Cl)c4F)ncnc3cc2OC)[C@H](F)C1.Cl. The molecule has 1 fully saturated rings. The summed E-state index contributed by atoms with van der Waals surface area (Å²) in [7, 11) is 1.46. The van der Waals surface area contributed by atoms with Crippen LogP contribution in [0.1, 0.15) is 6.42 Å². The number of nitrogens with zero attached hydrogens (tertiary/aromatic N) is 3. The Hall–Kier alpha value is -2.88. The number of aromatic nitrogens is 2. The molecule has 3 aromatic rings. The number of rotatable bonds is 6. The topological polar surface area (TPSA) is 76.6 Å². The summed E-state index contributed by atoms with van der Waals surface area (Å²) in [6, 6.07) is 6.11. The Kier molecular flexibility index (Phi) is 8.58. The number of hydrogen-bond donors (Lipinski definition) is 1. The minimum absolute atomic E-state index is 0. The quantitative estimate of drug-likeness (QED) is 0.314. The largest absolute Gasteiger partial charge is 0.493 e. The Morgan fingerprint density at radius 2 is 2.06 bits per heavy atom. The molecule has 12 heteroatoms. The summed E-state index contributed by atoms with van der Waals surface area (Å²) in [5.74, 6) is -0.176. The number of nitrogens with one attached hydrogen (secondary N) is 1. The molecule has 0 bridgehead atoms. The summed E-state index contributed by atoms with van der Waals surface area (Å²) in [6.07, 6.45) is 0.546. The summed E-state index contributed by atoms with van der Waals surface area (Å²) in [5.41, 5.74) is 0.557. The fourth-order valence-electron chi connectivity index (χ4n) is 3.67. The van der Waals surface area contributed by atoms with E-state index in [2.05, 4.69) is 21.9 Å². The monoisotopic (exact) mass is 544 g/mol. The number of hydrogen-bond acceptors (Lipinski definition) is 6. The maximum absolute atomic E-state index is 14.8. The highest BCUT2D eigenvalue weighted by Crippen LogP contribution is 2.37. The van der Waals surface area contributed by atoms with Gasteiger partial charge in [0.1, 0.15) is 18.2 Å². The first-order valence-corrected chi connectivity index (χ1v) is 11.0. The second-order valence-corrected chi connectivity index (χ2v) is 8.32. The van der Waals surface area contributed by atoms with Crippen LogP contribution in [-0.4, -0.2) is 53.2 Å². The average Bonchev–Trinajstić information content (AvgIpc) is 2.84. The minimum Gasteiger partial charge on any atom is -0.493 e. The lowest BCUT2D eigenvalue weighted by molar-refractivity contribution is -0.129. The highest BCUT2D eigenvalue weighted by molar-refractivity contribution is 6.42. The Morgan fingerprint density at radius 3 is 2.74 bits per heavy atom. The highest BCUT2D eigenvalue weighted by Gasteiger charge is 2.33. The van der Waals surface area contributed by atoms with Gasteiger partial charge in [-0.25, -0.2) is 18.7 Å². The van der Waals surface area contributed by atoms with E-state index < -0.39 is 18.1 Å². The average molecular weight is 546 g/mol. The number of anilines is 2. The van der Waals surface area contributed by atoms with Crippen LogP contribution in [0, 0.1) is 5.82 Å². The molecule has 1 saturated heterocycles. The summed E-state index contributed by atoms with van der Waals surface area (Å²) in [5, 5.41) is 3.24. The first-order chi connectivity index (χ1) is 16.3. The lowest BCUT2D eigenvalue weighted by Crippen LogP contribution is -2.48. The van der Waals surface area contributed by atoms with E-state index in [1.54, 1.807) is 12.1 Å². The number of amides is 1. The summed E-state index contributed by atoms with van der Waals surface area (Å²) in [6.45, 7) is 3.67. The van der Waals surface area contributed by atoms with Crippen LogP contribution in [-0.2, 0) is 4.79 Å². The van der Waals surface area contributed by atoms with Crippen LogP contribution < -0.4 is 14.8 Å². The minimum atomic E-state index is -1.41. The third-order valence-electron chi connectivity index (χ3n) is 5.46. The summed E-state index contributed by atoms with van der Waals surface area (Å²) < 4.78 is 40.8. The lowest BCUT2D eigenvalue weighted by Gasteiger charge is -2.34. The normalized spacial score (nSPS) is 17.5. The summed E-state index contributed by atoms with van der Waals surface area (Å²) in [4.78, 5) is 21.6. The van der Waals surface area contributed by atoms with Crippen LogP contribution >= 0.6 is 35.6 Å². The first-order valence-electron chi connectivity index (χ1n) is 10.3. The molecule has 0 radical (unpaired) electrons. The number of likely N-dealkylation sites (tertiary alicyclic amines) is 1. The molecule has 1 aliphatic rings. The van der Waals surface area contributed by atoms with Crippen molar-refractivity contribution >= 4 is 63.9 Å². The number of carbonyl (C=O) groups excluding carboxylic acids is 1. The van der Waals surface area contributed by atoms with Gasteiger partial charge in [0.05, 0.1) is 34.9 Å². The molecule has 2 aromatic carbocycles. The molecule has 2 heterocycles. The van der Waals surface area contributed by atoms with Crippen molar-refractivity contribution in [2.75, 3.05) is 25.5 Å².